The summed E-state index contributed by atoms with van der Waals surface area (Å²) < 4.78 is 5.06. The minimum atomic E-state index is -0.255. The molecule has 1 amide bonds. The maximum atomic E-state index is 12.1. The van der Waals surface area contributed by atoms with Crippen LogP contribution in [-0.2, 0) is 4.84 Å². The van der Waals surface area contributed by atoms with Gasteiger partial charge in [-0.2, -0.15) is 0 Å². The molecule has 0 bridgehead atoms. The van der Waals surface area contributed by atoms with Crippen molar-refractivity contribution in [3.8, 4) is 0 Å². The number of carbonyl (C=O) groups is 1. The lowest BCUT2D eigenvalue weighted by Gasteiger charge is -2.14. The Morgan fingerprint density at radius 2 is 2.18 bits per heavy atom. The highest BCUT2D eigenvalue weighted by atomic mass is 16.7. The molecule has 0 aliphatic heterocycles. The number of hydroxylamine groups is 2. The average molecular weight is 235 g/mol. The van der Waals surface area contributed by atoms with Gasteiger partial charge in [-0.3, -0.25) is 9.63 Å². The standard InChI is InChI=1S/C11H13N3O3/c1-6-5-8(11(15)14(3)16-4)9-7(2)13-17-10(9)12-6/h5H,1-4H3. The van der Waals surface area contributed by atoms with Gasteiger partial charge in [0, 0.05) is 12.7 Å². The fourth-order valence-corrected chi connectivity index (χ4v) is 1.64. The van der Waals surface area contributed by atoms with Crippen molar-refractivity contribution in [3.63, 3.8) is 0 Å². The van der Waals surface area contributed by atoms with Crippen molar-refractivity contribution in [2.75, 3.05) is 14.2 Å². The molecule has 2 heterocycles. The van der Waals surface area contributed by atoms with Gasteiger partial charge in [0.15, 0.2) is 0 Å². The molecule has 0 saturated heterocycles. The van der Waals surface area contributed by atoms with E-state index in [0.29, 0.717) is 28.1 Å². The maximum absolute atomic E-state index is 12.1. The van der Waals surface area contributed by atoms with Crippen LogP contribution in [0.2, 0.25) is 0 Å². The largest absolute Gasteiger partial charge is 0.336 e. The molecule has 0 aromatic carbocycles. The van der Waals surface area contributed by atoms with Crippen LogP contribution in [0.15, 0.2) is 10.6 Å². The van der Waals surface area contributed by atoms with Gasteiger partial charge in [0.05, 0.1) is 23.8 Å². The summed E-state index contributed by atoms with van der Waals surface area (Å²) in [5, 5.41) is 5.60. The van der Waals surface area contributed by atoms with Crippen LogP contribution >= 0.6 is 0 Å². The lowest BCUT2D eigenvalue weighted by atomic mass is 10.1. The predicted octanol–water partition coefficient (Wildman–Crippen LogP) is 1.47. The van der Waals surface area contributed by atoms with Crippen molar-refractivity contribution < 1.29 is 14.2 Å². The van der Waals surface area contributed by atoms with E-state index in [1.165, 1.54) is 7.11 Å². The van der Waals surface area contributed by atoms with E-state index in [0.717, 1.165) is 5.06 Å². The van der Waals surface area contributed by atoms with E-state index in [9.17, 15) is 4.79 Å². The van der Waals surface area contributed by atoms with Gasteiger partial charge in [0.2, 0.25) is 0 Å². The lowest BCUT2D eigenvalue weighted by Crippen LogP contribution is -2.25. The second-order valence-corrected chi connectivity index (χ2v) is 3.74. The maximum Gasteiger partial charge on any atom is 0.278 e. The Kier molecular flexibility index (Phi) is 2.81. The molecule has 0 aliphatic rings. The summed E-state index contributed by atoms with van der Waals surface area (Å²) >= 11 is 0. The molecule has 2 rings (SSSR count). The third kappa shape index (κ3) is 1.87. The first kappa shape index (κ1) is 11.5. The Morgan fingerprint density at radius 3 is 2.82 bits per heavy atom. The summed E-state index contributed by atoms with van der Waals surface area (Å²) in [4.78, 5) is 21.2. The molecular formula is C11H13N3O3. The van der Waals surface area contributed by atoms with Crippen molar-refractivity contribution in [2.24, 2.45) is 0 Å². The van der Waals surface area contributed by atoms with Crippen LogP contribution in [0.5, 0.6) is 0 Å². The molecule has 2 aromatic rings. The Bertz CT molecular complexity index is 577. The quantitative estimate of drug-likeness (QED) is 0.737. The number of amides is 1. The molecule has 0 aliphatic carbocycles. The lowest BCUT2D eigenvalue weighted by molar-refractivity contribution is -0.0755. The zero-order valence-electron chi connectivity index (χ0n) is 10.1. The zero-order valence-corrected chi connectivity index (χ0v) is 10.1. The molecule has 0 saturated carbocycles. The van der Waals surface area contributed by atoms with Crippen LogP contribution in [0, 0.1) is 13.8 Å². The van der Waals surface area contributed by atoms with E-state index in [2.05, 4.69) is 10.1 Å². The van der Waals surface area contributed by atoms with Crippen molar-refractivity contribution in [2.45, 2.75) is 13.8 Å². The van der Waals surface area contributed by atoms with Crippen molar-refractivity contribution in [1.82, 2.24) is 15.2 Å². The van der Waals surface area contributed by atoms with Crippen LogP contribution in [0.3, 0.4) is 0 Å². The normalized spacial score (nSPS) is 10.8. The van der Waals surface area contributed by atoms with Gasteiger partial charge in [-0.05, 0) is 19.9 Å². The predicted molar refractivity (Wildman–Crippen MR) is 60.4 cm³/mol. The smallest absolute Gasteiger partial charge is 0.278 e. The third-order valence-electron chi connectivity index (χ3n) is 2.54. The molecule has 0 atom stereocenters. The monoisotopic (exact) mass is 235 g/mol. The van der Waals surface area contributed by atoms with Gasteiger partial charge in [0.1, 0.15) is 0 Å². The number of fused-ring (bicyclic) bond motifs is 1. The first-order chi connectivity index (χ1) is 8.04. The van der Waals surface area contributed by atoms with Crippen LogP contribution in [0.4, 0.5) is 0 Å². The molecule has 0 fully saturated rings. The Morgan fingerprint density at radius 1 is 1.47 bits per heavy atom. The minimum absolute atomic E-state index is 0.255. The van der Waals surface area contributed by atoms with Crippen LogP contribution in [-0.4, -0.2) is 35.3 Å². The number of nitrogens with zero attached hydrogens (tertiary/aromatic N) is 3. The number of rotatable bonds is 2. The van der Waals surface area contributed by atoms with E-state index in [4.69, 9.17) is 9.36 Å². The fraction of sp³-hybridized carbons (Fsp3) is 0.364. The molecule has 6 heteroatoms. The Balaban J connectivity index is 2.67. The topological polar surface area (TPSA) is 68.5 Å². The van der Waals surface area contributed by atoms with Gasteiger partial charge >= 0.3 is 0 Å². The van der Waals surface area contributed by atoms with E-state index in [-0.39, 0.29) is 5.91 Å². The number of aryl methyl sites for hydroxylation is 2. The minimum Gasteiger partial charge on any atom is -0.336 e. The summed E-state index contributed by atoms with van der Waals surface area (Å²) in [6, 6.07) is 1.70. The molecule has 0 radical (unpaired) electrons. The van der Waals surface area contributed by atoms with E-state index >= 15 is 0 Å². The molecule has 0 N–H and O–H groups in total. The van der Waals surface area contributed by atoms with Gasteiger partial charge in [-0.25, -0.2) is 10.0 Å². The first-order valence-corrected chi connectivity index (χ1v) is 5.10. The summed E-state index contributed by atoms with van der Waals surface area (Å²) in [6.45, 7) is 3.56. The van der Waals surface area contributed by atoms with Gasteiger partial charge in [-0.15, -0.1) is 0 Å². The van der Waals surface area contributed by atoms with Crippen LogP contribution < -0.4 is 0 Å². The van der Waals surface area contributed by atoms with Crippen LogP contribution in [0.25, 0.3) is 11.1 Å². The van der Waals surface area contributed by atoms with Gasteiger partial charge in [-0.1, -0.05) is 5.16 Å². The molecule has 2 aromatic heterocycles. The Hall–Kier alpha value is -1.95. The van der Waals surface area contributed by atoms with Crippen molar-refractivity contribution in [1.29, 1.82) is 0 Å². The highest BCUT2D eigenvalue weighted by molar-refractivity contribution is 6.05. The highest BCUT2D eigenvalue weighted by Gasteiger charge is 2.20. The second kappa shape index (κ2) is 4.14. The molecule has 90 valence electrons. The Labute approximate surface area is 98.1 Å². The van der Waals surface area contributed by atoms with Gasteiger partial charge in [0.25, 0.3) is 11.6 Å². The molecule has 0 unspecified atom stereocenters. The summed E-state index contributed by atoms with van der Waals surface area (Å²) in [7, 11) is 2.98. The third-order valence-corrected chi connectivity index (χ3v) is 2.54. The summed E-state index contributed by atoms with van der Waals surface area (Å²) in [6.07, 6.45) is 0. The number of hydrogen-bond acceptors (Lipinski definition) is 5. The molecule has 17 heavy (non-hydrogen) atoms. The van der Waals surface area contributed by atoms with Crippen LogP contribution in [0.1, 0.15) is 21.7 Å². The highest BCUT2D eigenvalue weighted by Crippen LogP contribution is 2.22. The average Bonchev–Trinajstić information content (AvgIpc) is 2.68. The zero-order chi connectivity index (χ0) is 12.6. The number of pyridine rings is 1. The van der Waals surface area contributed by atoms with E-state index in [1.807, 2.05) is 0 Å². The summed E-state index contributed by atoms with van der Waals surface area (Å²) in [5.41, 5.74) is 2.19. The number of aromatic nitrogens is 2. The van der Waals surface area contributed by atoms with E-state index in [1.54, 1.807) is 27.0 Å². The second-order valence-electron chi connectivity index (χ2n) is 3.74. The fourth-order valence-electron chi connectivity index (χ4n) is 1.64. The first-order valence-electron chi connectivity index (χ1n) is 5.10. The SMILES string of the molecule is CON(C)C(=O)c1cc(C)nc2onc(C)c12. The summed E-state index contributed by atoms with van der Waals surface area (Å²) in [5.74, 6) is -0.255. The number of hydrogen-bond donors (Lipinski definition) is 0. The molecule has 0 spiro atoms. The molecular weight excluding hydrogens is 222 g/mol. The van der Waals surface area contributed by atoms with Crippen molar-refractivity contribution >= 4 is 17.0 Å². The molecule has 6 nitrogen and oxygen atoms in total. The number of carbonyl (C=O) groups excluding carboxylic acids is 1. The van der Waals surface area contributed by atoms with Gasteiger partial charge < -0.3 is 4.52 Å². The van der Waals surface area contributed by atoms with E-state index < -0.39 is 0 Å². The van der Waals surface area contributed by atoms with Crippen molar-refractivity contribution in [3.05, 3.63) is 23.0 Å².